The molecule has 0 atom stereocenters. The van der Waals surface area contributed by atoms with Gasteiger partial charge in [0.1, 0.15) is 5.69 Å². The third-order valence-electron chi connectivity index (χ3n) is 4.06. The summed E-state index contributed by atoms with van der Waals surface area (Å²) in [5, 5.41) is 0.915. The highest BCUT2D eigenvalue weighted by Gasteiger charge is 2.33. The molecule has 1 fully saturated rings. The number of nitrogen functional groups attached to an aromatic ring is 1. The number of hydrogen-bond acceptors (Lipinski definition) is 4. The number of hydrazine groups is 1. The second kappa shape index (κ2) is 5.00. The molecule has 2 heterocycles. The zero-order chi connectivity index (χ0) is 15.0. The van der Waals surface area contributed by atoms with E-state index in [4.69, 9.17) is 5.84 Å². The molecule has 0 radical (unpaired) electrons. The third kappa shape index (κ3) is 2.56. The molecular weight excluding hydrogens is 264 g/mol. The van der Waals surface area contributed by atoms with Crippen LogP contribution in [0.1, 0.15) is 30.8 Å². The van der Waals surface area contributed by atoms with Crippen LogP contribution in [0.2, 0.25) is 0 Å². The molecule has 0 unspecified atom stereocenters. The number of fused-ring (bicyclic) bond motifs is 1. The van der Waals surface area contributed by atoms with E-state index in [2.05, 4.69) is 24.3 Å². The van der Waals surface area contributed by atoms with E-state index in [1.165, 1.54) is 0 Å². The van der Waals surface area contributed by atoms with Gasteiger partial charge in [0, 0.05) is 18.5 Å². The minimum Gasteiger partial charge on any atom is -0.337 e. The maximum Gasteiger partial charge on any atom is 0.272 e. The van der Waals surface area contributed by atoms with Gasteiger partial charge >= 0.3 is 0 Å². The van der Waals surface area contributed by atoms with E-state index < -0.39 is 0 Å². The van der Waals surface area contributed by atoms with Crippen LogP contribution < -0.4 is 11.3 Å². The van der Waals surface area contributed by atoms with Gasteiger partial charge in [0.05, 0.1) is 11.2 Å². The lowest BCUT2D eigenvalue weighted by Gasteiger charge is -2.20. The number of aromatic nitrogens is 1. The molecule has 110 valence electrons. The van der Waals surface area contributed by atoms with E-state index in [0.717, 1.165) is 36.1 Å². The Labute approximate surface area is 124 Å². The molecule has 1 aliphatic heterocycles. The number of likely N-dealkylation sites (tertiary alicyclic amines) is 1. The number of anilines is 1. The molecule has 2 aromatic rings. The minimum absolute atomic E-state index is 0.0252. The van der Waals surface area contributed by atoms with E-state index in [1.54, 1.807) is 6.07 Å². The molecule has 3 rings (SSSR count). The van der Waals surface area contributed by atoms with Gasteiger partial charge in [-0.3, -0.25) is 10.6 Å². The van der Waals surface area contributed by atoms with Gasteiger partial charge in [-0.2, -0.15) is 0 Å². The monoisotopic (exact) mass is 284 g/mol. The summed E-state index contributed by atoms with van der Waals surface area (Å²) >= 11 is 0. The van der Waals surface area contributed by atoms with E-state index in [-0.39, 0.29) is 11.3 Å². The average molecular weight is 284 g/mol. The first-order valence-electron chi connectivity index (χ1n) is 7.16. The summed E-state index contributed by atoms with van der Waals surface area (Å²) in [6, 6.07) is 9.39. The highest BCUT2D eigenvalue weighted by atomic mass is 16.2. The van der Waals surface area contributed by atoms with E-state index >= 15 is 0 Å². The number of rotatable bonds is 2. The number of benzene rings is 1. The van der Waals surface area contributed by atoms with Crippen LogP contribution in [0.3, 0.4) is 0 Å². The van der Waals surface area contributed by atoms with Crippen LogP contribution in [0.25, 0.3) is 10.9 Å². The van der Waals surface area contributed by atoms with Gasteiger partial charge in [0.15, 0.2) is 0 Å². The quantitative estimate of drug-likeness (QED) is 0.656. The first kappa shape index (κ1) is 13.8. The summed E-state index contributed by atoms with van der Waals surface area (Å²) in [5.74, 6) is 5.55. The van der Waals surface area contributed by atoms with Crippen molar-refractivity contribution >= 4 is 22.5 Å². The molecule has 5 heteroatoms. The molecule has 21 heavy (non-hydrogen) atoms. The number of nitrogens with zero attached hydrogens (tertiary/aromatic N) is 2. The highest BCUT2D eigenvalue weighted by molar-refractivity contribution is 5.99. The topological polar surface area (TPSA) is 71.2 Å². The summed E-state index contributed by atoms with van der Waals surface area (Å²) < 4.78 is 0. The fraction of sp³-hybridized carbons (Fsp3) is 0.375. The van der Waals surface area contributed by atoms with Crippen molar-refractivity contribution < 1.29 is 4.79 Å². The van der Waals surface area contributed by atoms with Gasteiger partial charge in [-0.1, -0.05) is 32.0 Å². The Kier molecular flexibility index (Phi) is 3.29. The molecule has 1 aliphatic rings. The first-order valence-corrected chi connectivity index (χ1v) is 7.16. The Morgan fingerprint density at radius 3 is 2.81 bits per heavy atom. The smallest absolute Gasteiger partial charge is 0.272 e. The third-order valence-corrected chi connectivity index (χ3v) is 4.06. The van der Waals surface area contributed by atoms with Crippen LogP contribution in [-0.4, -0.2) is 28.9 Å². The molecular formula is C16H20N4O. The van der Waals surface area contributed by atoms with Gasteiger partial charge in [0.2, 0.25) is 0 Å². The van der Waals surface area contributed by atoms with Gasteiger partial charge < -0.3 is 10.3 Å². The van der Waals surface area contributed by atoms with Crippen LogP contribution in [0, 0.1) is 5.41 Å². The fourth-order valence-electron chi connectivity index (χ4n) is 2.85. The molecule has 1 saturated heterocycles. The average Bonchev–Trinajstić information content (AvgIpc) is 2.85. The van der Waals surface area contributed by atoms with Gasteiger partial charge in [-0.25, -0.2) is 4.98 Å². The molecule has 3 N–H and O–H groups in total. The van der Waals surface area contributed by atoms with Crippen molar-refractivity contribution in [1.29, 1.82) is 0 Å². The molecule has 1 aromatic carbocycles. The van der Waals surface area contributed by atoms with E-state index in [0.29, 0.717) is 5.69 Å². The molecule has 0 bridgehead atoms. The fourth-order valence-corrected chi connectivity index (χ4v) is 2.85. The maximum atomic E-state index is 12.6. The van der Waals surface area contributed by atoms with Crippen LogP contribution >= 0.6 is 0 Å². The lowest BCUT2D eigenvalue weighted by Crippen LogP contribution is -2.31. The molecule has 5 nitrogen and oxygen atoms in total. The second-order valence-electron chi connectivity index (χ2n) is 6.36. The lowest BCUT2D eigenvalue weighted by molar-refractivity contribution is 0.0773. The summed E-state index contributed by atoms with van der Waals surface area (Å²) in [7, 11) is 0. The molecule has 0 spiro atoms. The minimum atomic E-state index is -0.0252. The number of carbonyl (C=O) groups is 1. The summed E-state index contributed by atoms with van der Waals surface area (Å²) in [4.78, 5) is 19.0. The van der Waals surface area contributed by atoms with Crippen molar-refractivity contribution in [2.75, 3.05) is 18.5 Å². The van der Waals surface area contributed by atoms with E-state index in [9.17, 15) is 4.79 Å². The van der Waals surface area contributed by atoms with Crippen molar-refractivity contribution in [2.45, 2.75) is 20.3 Å². The summed E-state index contributed by atoms with van der Waals surface area (Å²) in [6.45, 7) is 5.92. The Balaban J connectivity index is 1.99. The number of pyridine rings is 1. The van der Waals surface area contributed by atoms with Crippen LogP contribution in [0.5, 0.6) is 0 Å². The number of carbonyl (C=O) groups excluding carboxylic acids is 1. The SMILES string of the molecule is CC1(C)CCN(C(=O)c2cc(NN)c3ccccc3n2)C1. The van der Waals surface area contributed by atoms with Gasteiger partial charge in [-0.05, 0) is 24.0 Å². The first-order chi connectivity index (χ1) is 10.00. The van der Waals surface area contributed by atoms with Crippen molar-refractivity contribution in [1.82, 2.24) is 9.88 Å². The molecule has 1 amide bonds. The van der Waals surface area contributed by atoms with Crippen LogP contribution in [-0.2, 0) is 0 Å². The second-order valence-corrected chi connectivity index (χ2v) is 6.36. The van der Waals surface area contributed by atoms with Crippen molar-refractivity contribution in [2.24, 2.45) is 11.3 Å². The molecule has 0 saturated carbocycles. The predicted molar refractivity (Wildman–Crippen MR) is 83.9 cm³/mol. The summed E-state index contributed by atoms with van der Waals surface area (Å²) in [5.41, 5.74) is 4.78. The Bertz CT molecular complexity index is 696. The Morgan fingerprint density at radius 2 is 2.14 bits per heavy atom. The van der Waals surface area contributed by atoms with Crippen molar-refractivity contribution in [3.8, 4) is 0 Å². The number of amides is 1. The number of para-hydroxylation sites is 1. The number of nitrogens with two attached hydrogens (primary N) is 1. The largest absolute Gasteiger partial charge is 0.337 e. The van der Waals surface area contributed by atoms with Crippen LogP contribution in [0.4, 0.5) is 5.69 Å². The lowest BCUT2D eigenvalue weighted by atomic mass is 9.93. The zero-order valence-corrected chi connectivity index (χ0v) is 12.4. The van der Waals surface area contributed by atoms with Gasteiger partial charge in [0.25, 0.3) is 5.91 Å². The Morgan fingerprint density at radius 1 is 1.38 bits per heavy atom. The zero-order valence-electron chi connectivity index (χ0n) is 12.4. The molecule has 1 aromatic heterocycles. The number of hydrogen-bond donors (Lipinski definition) is 2. The summed E-state index contributed by atoms with van der Waals surface area (Å²) in [6.07, 6.45) is 1.02. The normalized spacial score (nSPS) is 17.2. The van der Waals surface area contributed by atoms with Crippen molar-refractivity contribution in [3.63, 3.8) is 0 Å². The molecule has 0 aliphatic carbocycles. The maximum absolute atomic E-state index is 12.6. The Hall–Kier alpha value is -2.14. The van der Waals surface area contributed by atoms with Gasteiger partial charge in [-0.15, -0.1) is 0 Å². The number of nitrogens with one attached hydrogen (secondary N) is 1. The standard InChI is InChI=1S/C16H20N4O/c1-16(2)7-8-20(10-16)15(21)14-9-13(19-17)11-5-3-4-6-12(11)18-14/h3-6,9H,7-8,10,17H2,1-2H3,(H,18,19). The van der Waals surface area contributed by atoms with E-state index in [1.807, 2.05) is 29.2 Å². The van der Waals surface area contributed by atoms with Crippen LogP contribution in [0.15, 0.2) is 30.3 Å². The van der Waals surface area contributed by atoms with Crippen molar-refractivity contribution in [3.05, 3.63) is 36.0 Å². The predicted octanol–water partition coefficient (Wildman–Crippen LogP) is 2.39. The highest BCUT2D eigenvalue weighted by Crippen LogP contribution is 2.30.